The van der Waals surface area contributed by atoms with E-state index in [1.165, 1.54) is 5.39 Å². The molecular formula is C14H18N2. The van der Waals surface area contributed by atoms with Gasteiger partial charge in [0.1, 0.15) is 0 Å². The minimum atomic E-state index is 0.296. The fourth-order valence-electron chi connectivity index (χ4n) is 1.91. The highest BCUT2D eigenvalue weighted by Crippen LogP contribution is 2.16. The molecule has 0 fully saturated rings. The first kappa shape index (κ1) is 11.1. The molecule has 1 atom stereocenters. The summed E-state index contributed by atoms with van der Waals surface area (Å²) >= 11 is 0. The molecule has 0 bridgehead atoms. The van der Waals surface area contributed by atoms with Gasteiger partial charge in [-0.1, -0.05) is 38.1 Å². The van der Waals surface area contributed by atoms with E-state index in [0.29, 0.717) is 12.1 Å². The van der Waals surface area contributed by atoms with Crippen LogP contribution in [0.2, 0.25) is 0 Å². The van der Waals surface area contributed by atoms with E-state index in [9.17, 15) is 0 Å². The smallest absolute Gasteiger partial charge is 0.0706 e. The molecule has 0 saturated heterocycles. The van der Waals surface area contributed by atoms with Crippen LogP contribution < -0.4 is 5.32 Å². The number of hydrogen-bond acceptors (Lipinski definition) is 2. The Kier molecular flexibility index (Phi) is 3.20. The second-order valence-electron chi connectivity index (χ2n) is 4.47. The SMILES string of the molecule is CC(C)NC(C)c1ccc2ccccc2n1. The van der Waals surface area contributed by atoms with E-state index in [1.807, 2.05) is 12.1 Å². The van der Waals surface area contributed by atoms with Crippen molar-refractivity contribution in [1.82, 2.24) is 10.3 Å². The number of fused-ring (bicyclic) bond motifs is 1. The monoisotopic (exact) mass is 214 g/mol. The fraction of sp³-hybridized carbons (Fsp3) is 0.357. The van der Waals surface area contributed by atoms with Gasteiger partial charge in [0.15, 0.2) is 0 Å². The zero-order valence-corrected chi connectivity index (χ0v) is 10.1. The van der Waals surface area contributed by atoms with E-state index >= 15 is 0 Å². The Morgan fingerprint density at radius 2 is 1.75 bits per heavy atom. The van der Waals surface area contributed by atoms with Crippen LogP contribution in [-0.2, 0) is 0 Å². The van der Waals surface area contributed by atoms with Gasteiger partial charge >= 0.3 is 0 Å². The molecule has 1 N–H and O–H groups in total. The van der Waals surface area contributed by atoms with E-state index in [1.54, 1.807) is 0 Å². The lowest BCUT2D eigenvalue weighted by Crippen LogP contribution is -2.26. The maximum Gasteiger partial charge on any atom is 0.0706 e. The van der Waals surface area contributed by atoms with Crippen LogP contribution >= 0.6 is 0 Å². The highest BCUT2D eigenvalue weighted by Gasteiger charge is 2.08. The average Bonchev–Trinajstić information content (AvgIpc) is 2.27. The number of benzene rings is 1. The second-order valence-corrected chi connectivity index (χ2v) is 4.47. The number of nitrogens with one attached hydrogen (secondary N) is 1. The summed E-state index contributed by atoms with van der Waals surface area (Å²) in [6, 6.07) is 13.2. The summed E-state index contributed by atoms with van der Waals surface area (Å²) in [7, 11) is 0. The van der Waals surface area contributed by atoms with Gasteiger partial charge in [-0.05, 0) is 19.1 Å². The van der Waals surface area contributed by atoms with Crippen molar-refractivity contribution in [1.29, 1.82) is 0 Å². The maximum atomic E-state index is 4.67. The van der Waals surface area contributed by atoms with E-state index in [-0.39, 0.29) is 0 Å². The van der Waals surface area contributed by atoms with Gasteiger partial charge in [-0.15, -0.1) is 0 Å². The van der Waals surface area contributed by atoms with Gasteiger partial charge in [-0.3, -0.25) is 4.98 Å². The van der Waals surface area contributed by atoms with Crippen LogP contribution in [-0.4, -0.2) is 11.0 Å². The van der Waals surface area contributed by atoms with Crippen molar-refractivity contribution in [2.75, 3.05) is 0 Å². The van der Waals surface area contributed by atoms with Crippen LogP contribution in [0.15, 0.2) is 36.4 Å². The summed E-state index contributed by atoms with van der Waals surface area (Å²) in [6.45, 7) is 6.45. The molecule has 2 nitrogen and oxygen atoms in total. The maximum absolute atomic E-state index is 4.67. The molecule has 0 spiro atoms. The molecule has 0 radical (unpaired) electrons. The van der Waals surface area contributed by atoms with E-state index in [0.717, 1.165) is 11.2 Å². The zero-order chi connectivity index (χ0) is 11.5. The normalized spacial score (nSPS) is 13.2. The molecule has 1 aromatic heterocycles. The largest absolute Gasteiger partial charge is 0.307 e. The first-order chi connectivity index (χ1) is 7.66. The van der Waals surface area contributed by atoms with Gasteiger partial charge in [-0.25, -0.2) is 0 Å². The van der Waals surface area contributed by atoms with Gasteiger partial charge in [0.2, 0.25) is 0 Å². The van der Waals surface area contributed by atoms with Gasteiger partial charge in [0, 0.05) is 17.5 Å². The minimum absolute atomic E-state index is 0.296. The van der Waals surface area contributed by atoms with Gasteiger partial charge in [0.05, 0.1) is 11.2 Å². The first-order valence-electron chi connectivity index (χ1n) is 5.78. The summed E-state index contributed by atoms with van der Waals surface area (Å²) < 4.78 is 0. The molecule has 0 amide bonds. The van der Waals surface area contributed by atoms with E-state index < -0.39 is 0 Å². The molecule has 1 heterocycles. The number of hydrogen-bond donors (Lipinski definition) is 1. The van der Waals surface area contributed by atoms with Crippen molar-refractivity contribution in [2.45, 2.75) is 32.9 Å². The lowest BCUT2D eigenvalue weighted by Gasteiger charge is -2.16. The molecule has 0 saturated carbocycles. The van der Waals surface area contributed by atoms with Crippen LogP contribution in [0.4, 0.5) is 0 Å². The van der Waals surface area contributed by atoms with Crippen molar-refractivity contribution in [3.8, 4) is 0 Å². The summed E-state index contributed by atoms with van der Waals surface area (Å²) in [5.41, 5.74) is 2.17. The Labute approximate surface area is 96.7 Å². The molecule has 0 aliphatic heterocycles. The molecule has 2 heteroatoms. The van der Waals surface area contributed by atoms with Gasteiger partial charge < -0.3 is 5.32 Å². The molecule has 84 valence electrons. The van der Waals surface area contributed by atoms with Gasteiger partial charge in [0.25, 0.3) is 0 Å². The van der Waals surface area contributed by atoms with Crippen LogP contribution in [0.5, 0.6) is 0 Å². The summed E-state index contributed by atoms with van der Waals surface area (Å²) in [5, 5.41) is 4.66. The number of nitrogens with zero attached hydrogens (tertiary/aromatic N) is 1. The lowest BCUT2D eigenvalue weighted by atomic mass is 10.1. The quantitative estimate of drug-likeness (QED) is 0.848. The van der Waals surface area contributed by atoms with Crippen molar-refractivity contribution < 1.29 is 0 Å². The molecular weight excluding hydrogens is 196 g/mol. The molecule has 2 rings (SSSR count). The second kappa shape index (κ2) is 4.62. The number of pyridine rings is 1. The summed E-state index contributed by atoms with van der Waals surface area (Å²) in [5.74, 6) is 0. The van der Waals surface area contributed by atoms with Crippen LogP contribution in [0.1, 0.15) is 32.5 Å². The zero-order valence-electron chi connectivity index (χ0n) is 10.1. The molecule has 1 unspecified atom stereocenters. The van der Waals surface area contributed by atoms with E-state index in [4.69, 9.17) is 0 Å². The molecule has 0 aliphatic carbocycles. The molecule has 2 aromatic rings. The summed E-state index contributed by atoms with van der Waals surface area (Å²) in [4.78, 5) is 4.67. The third-order valence-electron chi connectivity index (χ3n) is 2.65. The number of para-hydroxylation sites is 1. The molecule has 1 aromatic carbocycles. The van der Waals surface area contributed by atoms with Gasteiger partial charge in [-0.2, -0.15) is 0 Å². The Morgan fingerprint density at radius 1 is 1.00 bits per heavy atom. The third-order valence-corrected chi connectivity index (χ3v) is 2.65. The van der Waals surface area contributed by atoms with Crippen molar-refractivity contribution in [3.63, 3.8) is 0 Å². The number of rotatable bonds is 3. The first-order valence-corrected chi connectivity index (χ1v) is 5.78. The predicted molar refractivity (Wildman–Crippen MR) is 68.4 cm³/mol. The molecule has 0 aliphatic rings. The highest BCUT2D eigenvalue weighted by molar-refractivity contribution is 5.78. The topological polar surface area (TPSA) is 24.9 Å². The average molecular weight is 214 g/mol. The Hall–Kier alpha value is -1.41. The standard InChI is InChI=1S/C14H18N2/c1-10(2)15-11(3)13-9-8-12-6-4-5-7-14(12)16-13/h4-11,15H,1-3H3. The van der Waals surface area contributed by atoms with Crippen molar-refractivity contribution in [3.05, 3.63) is 42.1 Å². The summed E-state index contributed by atoms with van der Waals surface area (Å²) in [6.07, 6.45) is 0. The van der Waals surface area contributed by atoms with Crippen LogP contribution in [0.3, 0.4) is 0 Å². The Morgan fingerprint density at radius 3 is 2.50 bits per heavy atom. The Balaban J connectivity index is 2.32. The number of aromatic nitrogens is 1. The third kappa shape index (κ3) is 2.39. The van der Waals surface area contributed by atoms with Crippen LogP contribution in [0, 0.1) is 0 Å². The van der Waals surface area contributed by atoms with Crippen molar-refractivity contribution in [2.24, 2.45) is 0 Å². The minimum Gasteiger partial charge on any atom is -0.307 e. The lowest BCUT2D eigenvalue weighted by molar-refractivity contribution is 0.498. The fourth-order valence-corrected chi connectivity index (χ4v) is 1.91. The van der Waals surface area contributed by atoms with Crippen molar-refractivity contribution >= 4 is 10.9 Å². The predicted octanol–water partition coefficient (Wildman–Crippen LogP) is 3.29. The molecule has 16 heavy (non-hydrogen) atoms. The van der Waals surface area contributed by atoms with Crippen LogP contribution in [0.25, 0.3) is 10.9 Å². The Bertz CT molecular complexity index is 477. The van der Waals surface area contributed by atoms with E-state index in [2.05, 4.69) is 55.3 Å². The highest BCUT2D eigenvalue weighted by atomic mass is 15.0.